The summed E-state index contributed by atoms with van der Waals surface area (Å²) >= 11 is 1.32. The van der Waals surface area contributed by atoms with Crippen LogP contribution < -0.4 is 5.32 Å². The van der Waals surface area contributed by atoms with E-state index in [9.17, 15) is 4.79 Å². The number of carbonyl (C=O) groups is 1. The van der Waals surface area contributed by atoms with Crippen molar-refractivity contribution in [1.82, 2.24) is 15.2 Å². The van der Waals surface area contributed by atoms with E-state index in [1.807, 2.05) is 12.1 Å². The molecule has 2 aromatic heterocycles. The summed E-state index contributed by atoms with van der Waals surface area (Å²) in [7, 11) is 0. The van der Waals surface area contributed by atoms with Crippen molar-refractivity contribution in [2.75, 3.05) is 11.9 Å². The Morgan fingerprint density at radius 1 is 1.47 bits per heavy atom. The predicted octanol–water partition coefficient (Wildman–Crippen LogP) is 1.72. The van der Waals surface area contributed by atoms with Crippen LogP contribution in [-0.4, -0.2) is 33.8 Å². The van der Waals surface area contributed by atoms with Crippen LogP contribution in [0, 0.1) is 0 Å². The first kappa shape index (κ1) is 12.2. The second-order valence-electron chi connectivity index (χ2n) is 4.14. The number of carbonyl (C=O) groups excluding carboxylic acids is 1. The summed E-state index contributed by atoms with van der Waals surface area (Å²) in [6, 6.07) is 3.74. The van der Waals surface area contributed by atoms with Crippen LogP contribution in [0.2, 0.25) is 0 Å². The van der Waals surface area contributed by atoms with E-state index < -0.39 is 0 Å². The third-order valence-corrected chi connectivity index (χ3v) is 3.67. The highest BCUT2D eigenvalue weighted by atomic mass is 32.1. The van der Waals surface area contributed by atoms with Gasteiger partial charge >= 0.3 is 0 Å². The SMILES string of the molecule is O=C(Nc1nnc(-c2cccnc2)s1)C1CCCO1. The van der Waals surface area contributed by atoms with E-state index in [0.717, 1.165) is 23.4 Å². The fourth-order valence-electron chi connectivity index (χ4n) is 1.85. The zero-order valence-corrected chi connectivity index (χ0v) is 10.9. The molecule has 1 atom stereocenters. The number of hydrogen-bond acceptors (Lipinski definition) is 6. The second-order valence-corrected chi connectivity index (χ2v) is 5.12. The van der Waals surface area contributed by atoms with E-state index in [1.165, 1.54) is 11.3 Å². The molecule has 0 aliphatic carbocycles. The molecule has 1 aliphatic rings. The van der Waals surface area contributed by atoms with E-state index in [2.05, 4.69) is 20.5 Å². The van der Waals surface area contributed by atoms with Crippen LogP contribution >= 0.6 is 11.3 Å². The molecule has 0 spiro atoms. The van der Waals surface area contributed by atoms with Gasteiger partial charge in [0, 0.05) is 24.6 Å². The second kappa shape index (κ2) is 5.41. The molecule has 1 amide bonds. The Balaban J connectivity index is 1.70. The largest absolute Gasteiger partial charge is 0.368 e. The Bertz CT molecular complexity index is 566. The molecule has 0 aromatic carbocycles. The molecule has 6 nitrogen and oxygen atoms in total. The fourth-order valence-corrected chi connectivity index (χ4v) is 2.59. The minimum absolute atomic E-state index is 0.147. The number of nitrogens with one attached hydrogen (secondary N) is 1. The highest BCUT2D eigenvalue weighted by Gasteiger charge is 2.24. The third kappa shape index (κ3) is 2.77. The van der Waals surface area contributed by atoms with Gasteiger partial charge in [-0.25, -0.2) is 0 Å². The van der Waals surface area contributed by atoms with Gasteiger partial charge in [0.15, 0.2) is 5.01 Å². The van der Waals surface area contributed by atoms with Crippen molar-refractivity contribution in [1.29, 1.82) is 0 Å². The van der Waals surface area contributed by atoms with Crippen molar-refractivity contribution in [2.24, 2.45) is 0 Å². The molecule has 7 heteroatoms. The van der Waals surface area contributed by atoms with Crippen LogP contribution in [0.3, 0.4) is 0 Å². The maximum Gasteiger partial charge on any atom is 0.255 e. The van der Waals surface area contributed by atoms with Crippen LogP contribution in [0.5, 0.6) is 0 Å². The Labute approximate surface area is 113 Å². The zero-order chi connectivity index (χ0) is 13.1. The predicted molar refractivity (Wildman–Crippen MR) is 70.7 cm³/mol. The number of hydrogen-bond donors (Lipinski definition) is 1. The van der Waals surface area contributed by atoms with Gasteiger partial charge in [0.2, 0.25) is 5.13 Å². The van der Waals surface area contributed by atoms with Gasteiger partial charge in [0.1, 0.15) is 6.10 Å². The lowest BCUT2D eigenvalue weighted by atomic mass is 10.2. The number of pyridine rings is 1. The van der Waals surface area contributed by atoms with Crippen LogP contribution in [0.25, 0.3) is 10.6 Å². The number of aromatic nitrogens is 3. The van der Waals surface area contributed by atoms with E-state index in [1.54, 1.807) is 12.4 Å². The maximum atomic E-state index is 11.9. The van der Waals surface area contributed by atoms with Gasteiger partial charge in [-0.05, 0) is 25.0 Å². The fraction of sp³-hybridized carbons (Fsp3) is 0.333. The van der Waals surface area contributed by atoms with E-state index in [4.69, 9.17) is 4.74 Å². The highest BCUT2D eigenvalue weighted by Crippen LogP contribution is 2.26. The summed E-state index contributed by atoms with van der Waals surface area (Å²) in [5.74, 6) is -0.147. The first-order chi connectivity index (χ1) is 9.33. The number of rotatable bonds is 3. The molecule has 3 heterocycles. The molecule has 0 radical (unpaired) electrons. The average molecular weight is 276 g/mol. The van der Waals surface area contributed by atoms with Crippen LogP contribution in [-0.2, 0) is 9.53 Å². The molecule has 1 saturated heterocycles. The van der Waals surface area contributed by atoms with Crippen LogP contribution in [0.15, 0.2) is 24.5 Å². The molecule has 1 N–H and O–H groups in total. The van der Waals surface area contributed by atoms with Crippen LogP contribution in [0.4, 0.5) is 5.13 Å². The molecular formula is C12H12N4O2S. The monoisotopic (exact) mass is 276 g/mol. The molecular weight excluding hydrogens is 264 g/mol. The molecule has 0 bridgehead atoms. The van der Waals surface area contributed by atoms with Crippen molar-refractivity contribution in [3.05, 3.63) is 24.5 Å². The van der Waals surface area contributed by atoms with Gasteiger partial charge in [0.25, 0.3) is 5.91 Å². The minimum atomic E-state index is -0.356. The lowest BCUT2D eigenvalue weighted by Crippen LogP contribution is -2.26. The lowest BCUT2D eigenvalue weighted by Gasteiger charge is -2.06. The molecule has 1 aliphatic heterocycles. The van der Waals surface area contributed by atoms with Gasteiger partial charge in [0.05, 0.1) is 0 Å². The Morgan fingerprint density at radius 2 is 2.42 bits per heavy atom. The maximum absolute atomic E-state index is 11.9. The standard InChI is InChI=1S/C12H12N4O2S/c17-10(9-4-2-6-18-9)14-12-16-15-11(19-12)8-3-1-5-13-7-8/h1,3,5,7,9H,2,4,6H2,(H,14,16,17). The van der Waals surface area contributed by atoms with Crippen molar-refractivity contribution < 1.29 is 9.53 Å². The molecule has 0 saturated carbocycles. The number of anilines is 1. The van der Waals surface area contributed by atoms with Gasteiger partial charge in [-0.1, -0.05) is 11.3 Å². The van der Waals surface area contributed by atoms with Crippen molar-refractivity contribution in [3.8, 4) is 10.6 Å². The quantitative estimate of drug-likeness (QED) is 0.923. The summed E-state index contributed by atoms with van der Waals surface area (Å²) in [5, 5.41) is 11.9. The summed E-state index contributed by atoms with van der Waals surface area (Å²) < 4.78 is 5.31. The highest BCUT2D eigenvalue weighted by molar-refractivity contribution is 7.18. The van der Waals surface area contributed by atoms with Crippen molar-refractivity contribution >= 4 is 22.4 Å². The Kier molecular flexibility index (Phi) is 3.47. The van der Waals surface area contributed by atoms with Gasteiger partial charge in [-0.3, -0.25) is 15.1 Å². The van der Waals surface area contributed by atoms with Crippen molar-refractivity contribution in [2.45, 2.75) is 18.9 Å². The normalized spacial score (nSPS) is 18.4. The van der Waals surface area contributed by atoms with Gasteiger partial charge < -0.3 is 4.74 Å². The lowest BCUT2D eigenvalue weighted by molar-refractivity contribution is -0.124. The molecule has 1 unspecified atom stereocenters. The molecule has 98 valence electrons. The number of nitrogens with zero attached hydrogens (tertiary/aromatic N) is 3. The topological polar surface area (TPSA) is 77.0 Å². The number of ether oxygens (including phenoxy) is 1. The zero-order valence-electron chi connectivity index (χ0n) is 10.1. The molecule has 2 aromatic rings. The molecule has 3 rings (SSSR count). The first-order valence-electron chi connectivity index (χ1n) is 5.99. The van der Waals surface area contributed by atoms with E-state index in [0.29, 0.717) is 11.7 Å². The minimum Gasteiger partial charge on any atom is -0.368 e. The smallest absolute Gasteiger partial charge is 0.255 e. The first-order valence-corrected chi connectivity index (χ1v) is 6.81. The number of amides is 1. The molecule has 19 heavy (non-hydrogen) atoms. The summed E-state index contributed by atoms with van der Waals surface area (Å²) in [5.41, 5.74) is 0.887. The Hall–Kier alpha value is -1.86. The third-order valence-electron chi connectivity index (χ3n) is 2.79. The summed E-state index contributed by atoms with van der Waals surface area (Å²) in [4.78, 5) is 15.9. The van der Waals surface area contributed by atoms with E-state index >= 15 is 0 Å². The average Bonchev–Trinajstić information content (AvgIpc) is 3.11. The van der Waals surface area contributed by atoms with Crippen molar-refractivity contribution in [3.63, 3.8) is 0 Å². The van der Waals surface area contributed by atoms with Crippen LogP contribution in [0.1, 0.15) is 12.8 Å². The molecule has 1 fully saturated rings. The summed E-state index contributed by atoms with van der Waals surface area (Å²) in [6.07, 6.45) is 4.75. The Morgan fingerprint density at radius 3 is 3.16 bits per heavy atom. The van der Waals surface area contributed by atoms with Gasteiger partial charge in [-0.15, -0.1) is 10.2 Å². The van der Waals surface area contributed by atoms with E-state index in [-0.39, 0.29) is 12.0 Å². The van der Waals surface area contributed by atoms with Gasteiger partial charge in [-0.2, -0.15) is 0 Å². The summed E-state index contributed by atoms with van der Waals surface area (Å²) in [6.45, 7) is 0.648.